The number of hydrogen-bond acceptors (Lipinski definition) is 2. The fraction of sp³-hybridized carbons (Fsp3) is 0.647. The lowest BCUT2D eigenvalue weighted by Gasteiger charge is -2.33. The van der Waals surface area contributed by atoms with E-state index in [1.807, 2.05) is 6.07 Å². The molecule has 1 aromatic rings. The molecule has 0 saturated heterocycles. The van der Waals surface area contributed by atoms with Crippen LogP contribution in [0.5, 0.6) is 5.75 Å². The first-order valence-corrected chi connectivity index (χ1v) is 7.55. The molecule has 2 heteroatoms. The topological polar surface area (TPSA) is 35.2 Å². The predicted molar refractivity (Wildman–Crippen MR) is 80.4 cm³/mol. The Morgan fingerprint density at radius 2 is 2.16 bits per heavy atom. The highest BCUT2D eigenvalue weighted by Gasteiger charge is 2.28. The van der Waals surface area contributed by atoms with Crippen LogP contribution in [0.1, 0.15) is 56.2 Å². The number of aryl methyl sites for hydroxylation is 1. The third-order valence-corrected chi connectivity index (χ3v) is 4.65. The molecule has 1 aliphatic carbocycles. The Morgan fingerprint density at radius 3 is 2.84 bits per heavy atom. The molecule has 1 aromatic carbocycles. The van der Waals surface area contributed by atoms with Gasteiger partial charge in [0.1, 0.15) is 5.75 Å². The third kappa shape index (κ3) is 3.30. The van der Waals surface area contributed by atoms with Crippen LogP contribution in [0.25, 0.3) is 0 Å². The lowest BCUT2D eigenvalue weighted by molar-refractivity contribution is 0.228. The summed E-state index contributed by atoms with van der Waals surface area (Å²) in [6.45, 7) is 4.41. The molecule has 19 heavy (non-hydrogen) atoms. The Bertz CT molecular complexity index is 416. The second-order valence-corrected chi connectivity index (χ2v) is 5.97. The monoisotopic (exact) mass is 261 g/mol. The summed E-state index contributed by atoms with van der Waals surface area (Å²) in [7, 11) is 1.73. The first kappa shape index (κ1) is 14.4. The lowest BCUT2D eigenvalue weighted by Crippen LogP contribution is -2.27. The van der Waals surface area contributed by atoms with Crippen LogP contribution in [0.2, 0.25) is 0 Å². The number of methoxy groups -OCH3 is 1. The SMILES string of the molecule is CCC1CCCC(C(N)c2cc(C)ccc2OC)C1. The Kier molecular flexibility index (Phi) is 4.87. The predicted octanol–water partition coefficient (Wildman–Crippen LogP) is 4.22. The van der Waals surface area contributed by atoms with Crippen molar-refractivity contribution in [2.75, 3.05) is 7.11 Å². The molecule has 0 spiro atoms. The van der Waals surface area contributed by atoms with Crippen molar-refractivity contribution in [1.29, 1.82) is 0 Å². The minimum Gasteiger partial charge on any atom is -0.496 e. The van der Waals surface area contributed by atoms with Crippen LogP contribution in [0.15, 0.2) is 18.2 Å². The van der Waals surface area contributed by atoms with Crippen LogP contribution < -0.4 is 10.5 Å². The van der Waals surface area contributed by atoms with Crippen LogP contribution >= 0.6 is 0 Å². The van der Waals surface area contributed by atoms with E-state index in [1.165, 1.54) is 43.2 Å². The highest BCUT2D eigenvalue weighted by molar-refractivity contribution is 5.39. The van der Waals surface area contributed by atoms with Gasteiger partial charge in [0.25, 0.3) is 0 Å². The molecule has 3 unspecified atom stereocenters. The number of hydrogen-bond donors (Lipinski definition) is 1. The van der Waals surface area contributed by atoms with Crippen LogP contribution in [-0.2, 0) is 0 Å². The van der Waals surface area contributed by atoms with Crippen molar-refractivity contribution < 1.29 is 4.74 Å². The van der Waals surface area contributed by atoms with Crippen LogP contribution in [0.3, 0.4) is 0 Å². The molecule has 0 amide bonds. The average Bonchev–Trinajstić information content (AvgIpc) is 2.46. The van der Waals surface area contributed by atoms with Crippen molar-refractivity contribution in [2.45, 2.75) is 52.0 Å². The van der Waals surface area contributed by atoms with Gasteiger partial charge in [-0.25, -0.2) is 0 Å². The van der Waals surface area contributed by atoms with Gasteiger partial charge in [-0.1, -0.05) is 43.9 Å². The summed E-state index contributed by atoms with van der Waals surface area (Å²) in [5.74, 6) is 2.41. The molecular weight excluding hydrogens is 234 g/mol. The van der Waals surface area contributed by atoms with Crippen molar-refractivity contribution in [3.05, 3.63) is 29.3 Å². The molecule has 2 N–H and O–H groups in total. The number of ether oxygens (including phenoxy) is 1. The molecule has 0 aromatic heterocycles. The second-order valence-electron chi connectivity index (χ2n) is 5.97. The number of rotatable bonds is 4. The van der Waals surface area contributed by atoms with Crippen LogP contribution in [0.4, 0.5) is 0 Å². The minimum atomic E-state index is 0.115. The van der Waals surface area contributed by atoms with E-state index in [0.717, 1.165) is 11.7 Å². The average molecular weight is 261 g/mol. The van der Waals surface area contributed by atoms with Gasteiger partial charge in [-0.3, -0.25) is 0 Å². The van der Waals surface area contributed by atoms with Crippen molar-refractivity contribution >= 4 is 0 Å². The van der Waals surface area contributed by atoms with Gasteiger partial charge in [0, 0.05) is 11.6 Å². The molecule has 2 rings (SSSR count). The largest absolute Gasteiger partial charge is 0.496 e. The van der Waals surface area contributed by atoms with E-state index in [0.29, 0.717) is 5.92 Å². The zero-order chi connectivity index (χ0) is 13.8. The first-order chi connectivity index (χ1) is 9.15. The third-order valence-electron chi connectivity index (χ3n) is 4.65. The van der Waals surface area contributed by atoms with E-state index >= 15 is 0 Å². The maximum Gasteiger partial charge on any atom is 0.123 e. The Labute approximate surface area is 117 Å². The minimum absolute atomic E-state index is 0.115. The molecule has 0 aliphatic heterocycles. The van der Waals surface area contributed by atoms with Gasteiger partial charge < -0.3 is 10.5 Å². The zero-order valence-corrected chi connectivity index (χ0v) is 12.5. The maximum absolute atomic E-state index is 6.55. The van der Waals surface area contributed by atoms with E-state index < -0.39 is 0 Å². The molecule has 3 atom stereocenters. The van der Waals surface area contributed by atoms with Gasteiger partial charge in [-0.05, 0) is 37.7 Å². The molecule has 2 nitrogen and oxygen atoms in total. The Hall–Kier alpha value is -1.02. The summed E-state index contributed by atoms with van der Waals surface area (Å²) in [5, 5.41) is 0. The second kappa shape index (κ2) is 6.42. The summed E-state index contributed by atoms with van der Waals surface area (Å²) < 4.78 is 5.49. The van der Waals surface area contributed by atoms with E-state index in [2.05, 4.69) is 26.0 Å². The van der Waals surface area contributed by atoms with Crippen molar-refractivity contribution in [3.63, 3.8) is 0 Å². The molecule has 0 bridgehead atoms. The number of benzene rings is 1. The molecular formula is C17H27NO. The fourth-order valence-corrected chi connectivity index (χ4v) is 3.40. The molecule has 0 radical (unpaired) electrons. The van der Waals surface area contributed by atoms with Gasteiger partial charge >= 0.3 is 0 Å². The van der Waals surface area contributed by atoms with Crippen LogP contribution in [-0.4, -0.2) is 7.11 Å². The number of nitrogens with two attached hydrogens (primary N) is 1. The summed E-state index contributed by atoms with van der Waals surface area (Å²) in [5.41, 5.74) is 8.99. The summed E-state index contributed by atoms with van der Waals surface area (Å²) in [6.07, 6.45) is 6.52. The highest BCUT2D eigenvalue weighted by Crippen LogP contribution is 2.39. The maximum atomic E-state index is 6.55. The smallest absolute Gasteiger partial charge is 0.123 e. The van der Waals surface area contributed by atoms with E-state index in [4.69, 9.17) is 10.5 Å². The van der Waals surface area contributed by atoms with Crippen molar-refractivity contribution in [2.24, 2.45) is 17.6 Å². The zero-order valence-electron chi connectivity index (χ0n) is 12.5. The van der Waals surface area contributed by atoms with Gasteiger partial charge in [-0.15, -0.1) is 0 Å². The molecule has 1 saturated carbocycles. The Balaban J connectivity index is 2.18. The normalized spacial score (nSPS) is 25.1. The van der Waals surface area contributed by atoms with E-state index in [1.54, 1.807) is 7.11 Å². The van der Waals surface area contributed by atoms with E-state index in [-0.39, 0.29) is 6.04 Å². The molecule has 1 aliphatic rings. The van der Waals surface area contributed by atoms with Gasteiger partial charge in [0.15, 0.2) is 0 Å². The molecule has 1 fully saturated rings. The van der Waals surface area contributed by atoms with E-state index in [9.17, 15) is 0 Å². The lowest BCUT2D eigenvalue weighted by atomic mass is 9.75. The van der Waals surface area contributed by atoms with Crippen molar-refractivity contribution in [3.8, 4) is 5.75 Å². The quantitative estimate of drug-likeness (QED) is 0.880. The first-order valence-electron chi connectivity index (χ1n) is 7.55. The summed E-state index contributed by atoms with van der Waals surface area (Å²) >= 11 is 0. The standard InChI is InChI=1S/C17H27NO/c1-4-13-6-5-7-14(11-13)17(18)15-10-12(2)8-9-16(15)19-3/h8-10,13-14,17H,4-7,11,18H2,1-3H3. The highest BCUT2D eigenvalue weighted by atomic mass is 16.5. The van der Waals surface area contributed by atoms with Crippen molar-refractivity contribution in [1.82, 2.24) is 0 Å². The van der Waals surface area contributed by atoms with Gasteiger partial charge in [0.2, 0.25) is 0 Å². The summed E-state index contributed by atoms with van der Waals surface area (Å²) in [6, 6.07) is 6.44. The Morgan fingerprint density at radius 1 is 1.37 bits per heavy atom. The molecule has 0 heterocycles. The molecule has 106 valence electrons. The fourth-order valence-electron chi connectivity index (χ4n) is 3.40. The van der Waals surface area contributed by atoms with Gasteiger partial charge in [0.05, 0.1) is 7.11 Å². The van der Waals surface area contributed by atoms with Crippen LogP contribution in [0, 0.1) is 18.8 Å². The summed E-state index contributed by atoms with van der Waals surface area (Å²) in [4.78, 5) is 0. The van der Waals surface area contributed by atoms with Gasteiger partial charge in [-0.2, -0.15) is 0 Å².